The zero-order chi connectivity index (χ0) is 15.6. The number of nitrogens with two attached hydrogens (primary N) is 1. The van der Waals surface area contributed by atoms with E-state index >= 15 is 0 Å². The lowest BCUT2D eigenvalue weighted by molar-refractivity contribution is -0.137. The first-order valence-corrected chi connectivity index (χ1v) is 7.50. The van der Waals surface area contributed by atoms with Gasteiger partial charge >= 0.3 is 6.18 Å². The minimum absolute atomic E-state index is 0.137. The number of benzene rings is 2. The van der Waals surface area contributed by atoms with Crippen LogP contribution in [0.4, 0.5) is 18.9 Å². The van der Waals surface area contributed by atoms with Crippen LogP contribution in [0.15, 0.2) is 47.4 Å². The summed E-state index contributed by atoms with van der Waals surface area (Å²) >= 11 is 0. The van der Waals surface area contributed by atoms with Gasteiger partial charge in [0, 0.05) is 10.6 Å². The van der Waals surface area contributed by atoms with E-state index in [1.54, 1.807) is 25.1 Å². The molecule has 1 atom stereocenters. The molecule has 2 N–H and O–H groups in total. The van der Waals surface area contributed by atoms with Crippen molar-refractivity contribution >= 4 is 16.5 Å². The molecule has 0 saturated heterocycles. The van der Waals surface area contributed by atoms with Crippen LogP contribution in [-0.2, 0) is 22.7 Å². The summed E-state index contributed by atoms with van der Waals surface area (Å²) in [7, 11) is -1.55. The number of halogens is 3. The molecule has 0 aliphatic rings. The molecule has 2 aromatic rings. The Labute approximate surface area is 123 Å². The Balaban J connectivity index is 2.27. The van der Waals surface area contributed by atoms with Crippen LogP contribution in [0.1, 0.15) is 16.7 Å². The predicted molar refractivity (Wildman–Crippen MR) is 77.1 cm³/mol. The zero-order valence-corrected chi connectivity index (χ0v) is 12.1. The average Bonchev–Trinajstić information content (AvgIpc) is 2.43. The summed E-state index contributed by atoms with van der Waals surface area (Å²) in [5.41, 5.74) is 7.12. The molecule has 0 radical (unpaired) electrons. The minimum atomic E-state index is -4.44. The first-order chi connectivity index (χ1) is 9.79. The highest BCUT2D eigenvalue weighted by molar-refractivity contribution is 7.84. The van der Waals surface area contributed by atoms with Crippen molar-refractivity contribution in [1.29, 1.82) is 0 Å². The quantitative estimate of drug-likeness (QED) is 0.873. The largest absolute Gasteiger partial charge is 0.416 e. The second-order valence-corrected chi connectivity index (χ2v) is 6.10. The number of alkyl halides is 3. The van der Waals surface area contributed by atoms with Crippen LogP contribution in [0.5, 0.6) is 0 Å². The molecule has 2 rings (SSSR count). The van der Waals surface area contributed by atoms with E-state index in [1.807, 2.05) is 0 Å². The van der Waals surface area contributed by atoms with E-state index in [0.717, 1.165) is 23.3 Å². The minimum Gasteiger partial charge on any atom is -0.399 e. The molecular weight excluding hydrogens is 299 g/mol. The highest BCUT2D eigenvalue weighted by atomic mass is 32.2. The van der Waals surface area contributed by atoms with Gasteiger partial charge in [-0.15, -0.1) is 0 Å². The molecule has 112 valence electrons. The number of nitrogen functional groups attached to an aromatic ring is 1. The molecular formula is C15H14F3NOS. The lowest BCUT2D eigenvalue weighted by Gasteiger charge is -2.10. The molecule has 0 saturated carbocycles. The van der Waals surface area contributed by atoms with Crippen LogP contribution in [0.25, 0.3) is 0 Å². The Morgan fingerprint density at radius 1 is 1.14 bits per heavy atom. The summed E-state index contributed by atoms with van der Waals surface area (Å²) in [5.74, 6) is 0.137. The van der Waals surface area contributed by atoms with E-state index in [9.17, 15) is 17.4 Å². The number of hydrogen-bond donors (Lipinski definition) is 1. The van der Waals surface area contributed by atoms with Gasteiger partial charge in [0.25, 0.3) is 0 Å². The zero-order valence-electron chi connectivity index (χ0n) is 11.3. The van der Waals surface area contributed by atoms with E-state index in [1.165, 1.54) is 12.1 Å². The van der Waals surface area contributed by atoms with E-state index in [4.69, 9.17) is 5.73 Å². The number of anilines is 1. The van der Waals surface area contributed by atoms with Gasteiger partial charge in [-0.25, -0.2) is 0 Å². The SMILES string of the molecule is Cc1c(N)cccc1CS(=O)c1cccc(C(F)(F)F)c1. The number of rotatable bonds is 3. The summed E-state index contributed by atoms with van der Waals surface area (Å²) < 4.78 is 50.2. The van der Waals surface area contributed by atoms with Gasteiger partial charge in [-0.1, -0.05) is 18.2 Å². The normalized spacial score (nSPS) is 13.1. The third-order valence-electron chi connectivity index (χ3n) is 3.20. The lowest BCUT2D eigenvalue weighted by Crippen LogP contribution is -2.06. The van der Waals surface area contributed by atoms with Gasteiger partial charge < -0.3 is 5.73 Å². The van der Waals surface area contributed by atoms with Gasteiger partial charge in [0.15, 0.2) is 0 Å². The first kappa shape index (κ1) is 15.6. The Bertz CT molecular complexity index is 683. The van der Waals surface area contributed by atoms with Gasteiger partial charge in [-0.2, -0.15) is 13.2 Å². The van der Waals surface area contributed by atoms with Crippen LogP contribution in [0.3, 0.4) is 0 Å². The summed E-state index contributed by atoms with van der Waals surface area (Å²) in [6.07, 6.45) is -4.44. The summed E-state index contributed by atoms with van der Waals surface area (Å²) in [5, 5.41) is 0. The van der Waals surface area contributed by atoms with Crippen molar-refractivity contribution in [3.8, 4) is 0 Å². The fourth-order valence-electron chi connectivity index (χ4n) is 1.90. The Kier molecular flexibility index (Phi) is 4.37. The molecule has 0 aliphatic heterocycles. The molecule has 2 aromatic carbocycles. The molecule has 0 spiro atoms. The average molecular weight is 313 g/mol. The van der Waals surface area contributed by atoms with Crippen LogP contribution in [-0.4, -0.2) is 4.21 Å². The van der Waals surface area contributed by atoms with Gasteiger partial charge in [0.05, 0.1) is 22.1 Å². The van der Waals surface area contributed by atoms with Crippen LogP contribution in [0, 0.1) is 6.92 Å². The molecule has 6 heteroatoms. The van der Waals surface area contributed by atoms with E-state index < -0.39 is 22.5 Å². The molecule has 2 nitrogen and oxygen atoms in total. The number of hydrogen-bond acceptors (Lipinski definition) is 2. The summed E-state index contributed by atoms with van der Waals surface area (Å²) in [6.45, 7) is 1.80. The molecule has 0 heterocycles. The Hall–Kier alpha value is -1.82. The van der Waals surface area contributed by atoms with Crippen molar-refractivity contribution < 1.29 is 17.4 Å². The van der Waals surface area contributed by atoms with Crippen molar-refractivity contribution in [1.82, 2.24) is 0 Å². The highest BCUT2D eigenvalue weighted by Gasteiger charge is 2.30. The summed E-state index contributed by atoms with van der Waals surface area (Å²) in [4.78, 5) is 0.159. The van der Waals surface area contributed by atoms with E-state index in [0.29, 0.717) is 5.69 Å². The predicted octanol–water partition coefficient (Wildman–Crippen LogP) is 3.90. The monoisotopic (exact) mass is 313 g/mol. The molecule has 0 amide bonds. The topological polar surface area (TPSA) is 43.1 Å². The summed E-state index contributed by atoms with van der Waals surface area (Å²) in [6, 6.07) is 9.84. The fourth-order valence-corrected chi connectivity index (χ4v) is 3.15. The van der Waals surface area contributed by atoms with Crippen LogP contribution in [0.2, 0.25) is 0 Å². The first-order valence-electron chi connectivity index (χ1n) is 6.18. The van der Waals surface area contributed by atoms with Crippen molar-refractivity contribution in [3.63, 3.8) is 0 Å². The maximum absolute atomic E-state index is 12.7. The van der Waals surface area contributed by atoms with Crippen molar-refractivity contribution in [3.05, 3.63) is 59.2 Å². The van der Waals surface area contributed by atoms with Gasteiger partial charge in [-0.05, 0) is 42.3 Å². The van der Waals surface area contributed by atoms with Crippen LogP contribution < -0.4 is 5.73 Å². The van der Waals surface area contributed by atoms with Gasteiger partial charge in [-0.3, -0.25) is 4.21 Å². The highest BCUT2D eigenvalue weighted by Crippen LogP contribution is 2.30. The molecule has 1 unspecified atom stereocenters. The van der Waals surface area contributed by atoms with Crippen LogP contribution >= 0.6 is 0 Å². The third-order valence-corrected chi connectivity index (χ3v) is 4.55. The van der Waals surface area contributed by atoms with Gasteiger partial charge in [0.2, 0.25) is 0 Å². The Morgan fingerprint density at radius 3 is 2.48 bits per heavy atom. The van der Waals surface area contributed by atoms with E-state index in [2.05, 4.69) is 0 Å². The van der Waals surface area contributed by atoms with Gasteiger partial charge in [0.1, 0.15) is 0 Å². The molecule has 0 aromatic heterocycles. The molecule has 21 heavy (non-hydrogen) atoms. The molecule has 0 bridgehead atoms. The molecule has 0 aliphatic carbocycles. The fraction of sp³-hybridized carbons (Fsp3) is 0.200. The van der Waals surface area contributed by atoms with Crippen molar-refractivity contribution in [2.75, 3.05) is 5.73 Å². The van der Waals surface area contributed by atoms with E-state index in [-0.39, 0.29) is 10.6 Å². The maximum atomic E-state index is 12.7. The second kappa shape index (κ2) is 5.89. The second-order valence-electron chi connectivity index (χ2n) is 4.65. The smallest absolute Gasteiger partial charge is 0.399 e. The maximum Gasteiger partial charge on any atom is 0.416 e. The van der Waals surface area contributed by atoms with Crippen molar-refractivity contribution in [2.24, 2.45) is 0 Å². The Morgan fingerprint density at radius 2 is 1.81 bits per heavy atom. The standard InChI is InChI=1S/C15H14F3NOS/c1-10-11(4-2-7-14(10)19)9-21(20)13-6-3-5-12(8-13)15(16,17)18/h2-8H,9,19H2,1H3. The third kappa shape index (κ3) is 3.64. The lowest BCUT2D eigenvalue weighted by atomic mass is 10.1. The molecule has 0 fully saturated rings. The van der Waals surface area contributed by atoms with Crippen molar-refractivity contribution in [2.45, 2.75) is 23.7 Å².